The molecular formula is C26H22FN7O2. The van der Waals surface area contributed by atoms with E-state index < -0.39 is 0 Å². The summed E-state index contributed by atoms with van der Waals surface area (Å²) in [4.78, 5) is 29.4. The standard InChI is InChI=1S/C26H22FN7O2/c1-16-24-21(17-3-5-18(27)6-4-17)11-13-28-25(24)34(31-16)15-23(35)29-19-7-9-20(10-8-19)30-26(36)22-12-14-33(2)32-22/h3-14H,15H2,1-2H3,(H,29,35)(H,30,36). The maximum atomic E-state index is 13.4. The number of carbonyl (C=O) groups excluding carboxylic acids is 2. The van der Waals surface area contributed by atoms with Crippen LogP contribution in [-0.2, 0) is 18.4 Å². The number of aryl methyl sites for hydroxylation is 2. The highest BCUT2D eigenvalue weighted by atomic mass is 19.1. The van der Waals surface area contributed by atoms with E-state index in [1.54, 1.807) is 71.3 Å². The molecule has 0 fully saturated rings. The topological polar surface area (TPSA) is 107 Å². The molecule has 3 heterocycles. The second kappa shape index (κ2) is 9.41. The number of amides is 2. The fourth-order valence-corrected chi connectivity index (χ4v) is 3.97. The van der Waals surface area contributed by atoms with Gasteiger partial charge in [0.2, 0.25) is 5.91 Å². The van der Waals surface area contributed by atoms with Crippen molar-refractivity contribution >= 4 is 34.2 Å². The Balaban J connectivity index is 1.29. The van der Waals surface area contributed by atoms with Gasteiger partial charge in [-0.05, 0) is 66.6 Å². The molecule has 0 saturated heterocycles. The molecule has 0 unspecified atom stereocenters. The number of hydrogen-bond donors (Lipinski definition) is 2. The van der Waals surface area contributed by atoms with Crippen LogP contribution >= 0.6 is 0 Å². The summed E-state index contributed by atoms with van der Waals surface area (Å²) in [6.07, 6.45) is 3.34. The molecule has 0 saturated carbocycles. The van der Waals surface area contributed by atoms with Crippen LogP contribution in [0.4, 0.5) is 15.8 Å². The van der Waals surface area contributed by atoms with Gasteiger partial charge in [-0.2, -0.15) is 10.2 Å². The summed E-state index contributed by atoms with van der Waals surface area (Å²) < 4.78 is 16.5. The number of benzene rings is 2. The summed E-state index contributed by atoms with van der Waals surface area (Å²) in [5.41, 5.74) is 4.46. The Labute approximate surface area is 205 Å². The fourth-order valence-electron chi connectivity index (χ4n) is 3.97. The SMILES string of the molecule is Cc1nn(CC(=O)Nc2ccc(NC(=O)c3ccn(C)n3)cc2)c2nccc(-c3ccc(F)cc3)c12. The van der Waals surface area contributed by atoms with Crippen LogP contribution in [0.25, 0.3) is 22.2 Å². The van der Waals surface area contributed by atoms with E-state index >= 15 is 0 Å². The monoisotopic (exact) mass is 483 g/mol. The van der Waals surface area contributed by atoms with Gasteiger partial charge in [0, 0.05) is 36.2 Å². The van der Waals surface area contributed by atoms with Crippen LogP contribution in [0, 0.1) is 12.7 Å². The van der Waals surface area contributed by atoms with Crippen LogP contribution in [0.3, 0.4) is 0 Å². The van der Waals surface area contributed by atoms with Crippen molar-refractivity contribution in [3.8, 4) is 11.1 Å². The number of carbonyl (C=O) groups is 2. The Kier molecular flexibility index (Phi) is 5.99. The van der Waals surface area contributed by atoms with Gasteiger partial charge in [0.05, 0.1) is 5.69 Å². The van der Waals surface area contributed by atoms with E-state index in [0.717, 1.165) is 22.2 Å². The highest BCUT2D eigenvalue weighted by Gasteiger charge is 2.16. The van der Waals surface area contributed by atoms with Crippen molar-refractivity contribution in [2.24, 2.45) is 7.05 Å². The Bertz CT molecular complexity index is 1570. The summed E-state index contributed by atoms with van der Waals surface area (Å²) >= 11 is 0. The van der Waals surface area contributed by atoms with Crippen molar-refractivity contribution in [2.45, 2.75) is 13.5 Å². The maximum Gasteiger partial charge on any atom is 0.276 e. The molecule has 3 aromatic heterocycles. The Morgan fingerprint density at radius 1 is 0.917 bits per heavy atom. The van der Waals surface area contributed by atoms with Gasteiger partial charge in [0.25, 0.3) is 5.91 Å². The van der Waals surface area contributed by atoms with Crippen molar-refractivity contribution in [3.63, 3.8) is 0 Å². The lowest BCUT2D eigenvalue weighted by Gasteiger charge is -2.08. The quantitative estimate of drug-likeness (QED) is 0.377. The van der Waals surface area contributed by atoms with Gasteiger partial charge in [-0.25, -0.2) is 14.1 Å². The third-order valence-electron chi connectivity index (χ3n) is 5.63. The van der Waals surface area contributed by atoms with Crippen LogP contribution in [0.15, 0.2) is 73.1 Å². The van der Waals surface area contributed by atoms with Crippen molar-refractivity contribution in [1.29, 1.82) is 0 Å². The molecule has 0 aliphatic rings. The molecule has 5 rings (SSSR count). The lowest BCUT2D eigenvalue weighted by atomic mass is 10.0. The summed E-state index contributed by atoms with van der Waals surface area (Å²) in [7, 11) is 1.74. The molecule has 2 amide bonds. The molecule has 2 aromatic carbocycles. The molecule has 0 bridgehead atoms. The predicted molar refractivity (Wildman–Crippen MR) is 134 cm³/mol. The molecule has 2 N–H and O–H groups in total. The number of fused-ring (bicyclic) bond motifs is 1. The number of hydrogen-bond acceptors (Lipinski definition) is 5. The molecule has 5 aromatic rings. The van der Waals surface area contributed by atoms with Crippen molar-refractivity contribution < 1.29 is 14.0 Å². The molecule has 180 valence electrons. The zero-order valence-corrected chi connectivity index (χ0v) is 19.6. The van der Waals surface area contributed by atoms with Crippen molar-refractivity contribution in [1.82, 2.24) is 24.5 Å². The fraction of sp³-hybridized carbons (Fsp3) is 0.115. The summed E-state index contributed by atoms with van der Waals surface area (Å²) in [6, 6.07) is 16.5. The van der Waals surface area contributed by atoms with Gasteiger partial charge >= 0.3 is 0 Å². The minimum absolute atomic E-state index is 0.0393. The third-order valence-corrected chi connectivity index (χ3v) is 5.63. The van der Waals surface area contributed by atoms with E-state index in [1.165, 1.54) is 12.1 Å². The van der Waals surface area contributed by atoms with Crippen LogP contribution in [0.5, 0.6) is 0 Å². The van der Waals surface area contributed by atoms with Crippen LogP contribution < -0.4 is 10.6 Å². The smallest absolute Gasteiger partial charge is 0.276 e. The number of anilines is 2. The molecular weight excluding hydrogens is 461 g/mol. The minimum atomic E-state index is -0.319. The number of halogens is 1. The predicted octanol–water partition coefficient (Wildman–Crippen LogP) is 4.17. The molecule has 9 nitrogen and oxygen atoms in total. The number of pyridine rings is 1. The first-order valence-corrected chi connectivity index (χ1v) is 11.2. The normalized spacial score (nSPS) is 11.0. The average Bonchev–Trinajstić information content (AvgIpc) is 3.44. The molecule has 36 heavy (non-hydrogen) atoms. The lowest BCUT2D eigenvalue weighted by molar-refractivity contribution is -0.116. The lowest BCUT2D eigenvalue weighted by Crippen LogP contribution is -2.20. The summed E-state index contributed by atoms with van der Waals surface area (Å²) in [5.74, 6) is -0.906. The second-order valence-electron chi connectivity index (χ2n) is 8.26. The first-order chi connectivity index (χ1) is 17.4. The highest BCUT2D eigenvalue weighted by molar-refractivity contribution is 6.03. The van der Waals surface area contributed by atoms with Crippen molar-refractivity contribution in [3.05, 3.63) is 90.3 Å². The number of nitrogens with zero attached hydrogens (tertiary/aromatic N) is 5. The largest absolute Gasteiger partial charge is 0.324 e. The summed E-state index contributed by atoms with van der Waals surface area (Å²) in [6.45, 7) is 1.81. The molecule has 10 heteroatoms. The molecule has 0 spiro atoms. The van der Waals surface area contributed by atoms with Gasteiger partial charge in [-0.3, -0.25) is 14.3 Å². The van der Waals surface area contributed by atoms with E-state index in [4.69, 9.17) is 0 Å². The van der Waals surface area contributed by atoms with E-state index in [0.29, 0.717) is 22.7 Å². The van der Waals surface area contributed by atoms with E-state index in [2.05, 4.69) is 25.8 Å². The van der Waals surface area contributed by atoms with Gasteiger partial charge in [0.15, 0.2) is 11.3 Å². The van der Waals surface area contributed by atoms with Gasteiger partial charge in [0.1, 0.15) is 12.4 Å². The Morgan fingerprint density at radius 3 is 2.28 bits per heavy atom. The van der Waals surface area contributed by atoms with Gasteiger partial charge in [-0.1, -0.05) is 12.1 Å². The average molecular weight is 484 g/mol. The van der Waals surface area contributed by atoms with Crippen LogP contribution in [-0.4, -0.2) is 36.4 Å². The molecule has 0 aliphatic carbocycles. The van der Waals surface area contributed by atoms with Gasteiger partial charge in [-0.15, -0.1) is 0 Å². The van der Waals surface area contributed by atoms with E-state index in [1.807, 2.05) is 13.0 Å². The van der Waals surface area contributed by atoms with E-state index in [-0.39, 0.29) is 24.2 Å². The molecule has 0 aliphatic heterocycles. The molecule has 0 atom stereocenters. The first kappa shape index (κ1) is 22.9. The number of rotatable bonds is 6. The first-order valence-electron chi connectivity index (χ1n) is 11.2. The highest BCUT2D eigenvalue weighted by Crippen LogP contribution is 2.30. The maximum absolute atomic E-state index is 13.4. The summed E-state index contributed by atoms with van der Waals surface area (Å²) in [5, 5.41) is 15.0. The second-order valence-corrected chi connectivity index (χ2v) is 8.26. The zero-order chi connectivity index (χ0) is 25.2. The Hall–Kier alpha value is -4.86. The Morgan fingerprint density at radius 2 is 1.61 bits per heavy atom. The van der Waals surface area contributed by atoms with E-state index in [9.17, 15) is 14.0 Å². The van der Waals surface area contributed by atoms with Crippen molar-refractivity contribution in [2.75, 3.05) is 10.6 Å². The molecule has 0 radical (unpaired) electrons. The minimum Gasteiger partial charge on any atom is -0.324 e. The van der Waals surface area contributed by atoms with Gasteiger partial charge < -0.3 is 10.6 Å². The third kappa shape index (κ3) is 4.69. The zero-order valence-electron chi connectivity index (χ0n) is 19.6. The number of nitrogens with one attached hydrogen (secondary N) is 2. The van der Waals surface area contributed by atoms with Crippen LogP contribution in [0.2, 0.25) is 0 Å². The number of aromatic nitrogens is 5. The van der Waals surface area contributed by atoms with Crippen LogP contribution in [0.1, 0.15) is 16.2 Å².